The van der Waals surface area contributed by atoms with Gasteiger partial charge in [0.25, 0.3) is 0 Å². The molecule has 98 valence electrons. The van der Waals surface area contributed by atoms with Crippen molar-refractivity contribution >= 4 is 30.8 Å². The first-order valence-electron chi connectivity index (χ1n) is 4.78. The molecule has 0 spiro atoms. The van der Waals surface area contributed by atoms with Gasteiger partial charge in [-0.3, -0.25) is 0 Å². The van der Waals surface area contributed by atoms with E-state index in [0.29, 0.717) is 18.8 Å². The molecule has 1 atom stereocenters. The van der Waals surface area contributed by atoms with Crippen molar-refractivity contribution in [3.8, 4) is 0 Å². The second-order valence-electron chi connectivity index (χ2n) is 3.01. The van der Waals surface area contributed by atoms with Gasteiger partial charge in [-0.1, -0.05) is 6.07 Å². The zero-order valence-corrected chi connectivity index (χ0v) is 11.1. The highest BCUT2D eigenvalue weighted by Gasteiger charge is 2.11. The second kappa shape index (κ2) is 9.18. The first-order chi connectivity index (χ1) is 7.19. The Labute approximate surface area is 113 Å². The van der Waals surface area contributed by atoms with E-state index in [9.17, 15) is 4.79 Å². The fourth-order valence-electron chi connectivity index (χ4n) is 1.10. The molecular weight excluding hydrogens is 265 g/mol. The van der Waals surface area contributed by atoms with Crippen molar-refractivity contribution in [2.75, 3.05) is 13.2 Å². The highest BCUT2D eigenvalue weighted by atomic mass is 35.5. The second-order valence-corrected chi connectivity index (χ2v) is 3.01. The van der Waals surface area contributed by atoms with Crippen LogP contribution in [0, 0.1) is 0 Å². The van der Waals surface area contributed by atoms with Gasteiger partial charge in [0, 0.05) is 6.54 Å². The van der Waals surface area contributed by atoms with E-state index in [2.05, 4.69) is 4.98 Å². The van der Waals surface area contributed by atoms with Crippen LogP contribution in [0.4, 0.5) is 0 Å². The largest absolute Gasteiger partial charge is 0.461 e. The molecule has 0 bridgehead atoms. The Morgan fingerprint density at radius 1 is 1.47 bits per heavy atom. The van der Waals surface area contributed by atoms with Crippen LogP contribution in [-0.4, -0.2) is 24.1 Å². The minimum Gasteiger partial charge on any atom is -0.461 e. The Kier molecular flexibility index (Phi) is 9.98. The first kappa shape index (κ1) is 18.5. The Bertz CT molecular complexity index is 350. The monoisotopic (exact) mass is 281 g/mol. The number of hydrogen-bond acceptors (Lipinski definition) is 5. The van der Waals surface area contributed by atoms with Crippen molar-refractivity contribution in [3.63, 3.8) is 0 Å². The van der Waals surface area contributed by atoms with Crippen molar-refractivity contribution in [2.45, 2.75) is 13.0 Å². The Morgan fingerprint density at radius 3 is 2.65 bits per heavy atom. The summed E-state index contributed by atoms with van der Waals surface area (Å²) in [5.74, 6) is -0.441. The van der Waals surface area contributed by atoms with Gasteiger partial charge in [0.15, 0.2) is 0 Å². The molecule has 1 aromatic heterocycles. The SMILES string of the molecule is CCOC(=O)c1cccc(C(N)CN)n1.Cl.Cl. The summed E-state index contributed by atoms with van der Waals surface area (Å²) < 4.78 is 4.82. The van der Waals surface area contributed by atoms with Gasteiger partial charge in [-0.05, 0) is 19.1 Å². The van der Waals surface area contributed by atoms with E-state index in [1.807, 2.05) is 0 Å². The average molecular weight is 282 g/mol. The average Bonchev–Trinajstić information content (AvgIpc) is 2.28. The van der Waals surface area contributed by atoms with Gasteiger partial charge in [0.05, 0.1) is 18.3 Å². The molecule has 0 saturated heterocycles. The number of hydrogen-bond donors (Lipinski definition) is 2. The van der Waals surface area contributed by atoms with Crippen LogP contribution in [0.2, 0.25) is 0 Å². The van der Waals surface area contributed by atoms with E-state index < -0.39 is 5.97 Å². The normalized spacial score (nSPS) is 10.8. The lowest BCUT2D eigenvalue weighted by molar-refractivity contribution is 0.0519. The minimum absolute atomic E-state index is 0. The lowest BCUT2D eigenvalue weighted by Crippen LogP contribution is -2.22. The molecule has 0 fully saturated rings. The molecule has 17 heavy (non-hydrogen) atoms. The predicted molar refractivity (Wildman–Crippen MR) is 70.7 cm³/mol. The summed E-state index contributed by atoms with van der Waals surface area (Å²) in [6.45, 7) is 2.36. The van der Waals surface area contributed by atoms with Gasteiger partial charge in [-0.2, -0.15) is 0 Å². The molecule has 0 aromatic carbocycles. The number of pyridine rings is 1. The first-order valence-corrected chi connectivity index (χ1v) is 4.78. The van der Waals surface area contributed by atoms with Crippen LogP contribution < -0.4 is 11.5 Å². The standard InChI is InChI=1S/C10H15N3O2.2ClH/c1-2-15-10(14)9-5-3-4-8(13-9)7(12)6-11;;/h3-5,7H,2,6,11-12H2,1H3;2*1H. The lowest BCUT2D eigenvalue weighted by Gasteiger charge is -2.08. The molecule has 0 aliphatic rings. The quantitative estimate of drug-likeness (QED) is 0.806. The highest BCUT2D eigenvalue weighted by molar-refractivity contribution is 5.87. The molecule has 4 N–H and O–H groups in total. The molecule has 1 unspecified atom stereocenters. The van der Waals surface area contributed by atoms with E-state index in [1.54, 1.807) is 25.1 Å². The van der Waals surface area contributed by atoms with Crippen LogP contribution in [0.15, 0.2) is 18.2 Å². The molecule has 0 aliphatic carbocycles. The topological polar surface area (TPSA) is 91.2 Å². The summed E-state index contributed by atoms with van der Waals surface area (Å²) in [5, 5.41) is 0. The van der Waals surface area contributed by atoms with Crippen molar-refractivity contribution in [1.82, 2.24) is 4.98 Å². The van der Waals surface area contributed by atoms with Crippen LogP contribution >= 0.6 is 24.8 Å². The molecule has 1 aromatic rings. The third-order valence-corrected chi connectivity index (χ3v) is 1.89. The summed E-state index contributed by atoms with van der Waals surface area (Å²) in [7, 11) is 0. The molecule has 1 rings (SSSR count). The lowest BCUT2D eigenvalue weighted by atomic mass is 10.2. The van der Waals surface area contributed by atoms with E-state index in [1.165, 1.54) is 0 Å². The van der Waals surface area contributed by atoms with E-state index >= 15 is 0 Å². The maximum atomic E-state index is 11.4. The number of carbonyl (C=O) groups is 1. The van der Waals surface area contributed by atoms with Crippen molar-refractivity contribution in [1.29, 1.82) is 0 Å². The van der Waals surface area contributed by atoms with Gasteiger partial charge in [0.2, 0.25) is 0 Å². The van der Waals surface area contributed by atoms with Crippen LogP contribution in [0.25, 0.3) is 0 Å². The molecule has 5 nitrogen and oxygen atoms in total. The van der Waals surface area contributed by atoms with E-state index in [4.69, 9.17) is 16.2 Å². The molecule has 7 heteroatoms. The Morgan fingerprint density at radius 2 is 2.12 bits per heavy atom. The van der Waals surface area contributed by atoms with Crippen LogP contribution in [0.3, 0.4) is 0 Å². The zero-order chi connectivity index (χ0) is 11.3. The highest BCUT2D eigenvalue weighted by Crippen LogP contribution is 2.07. The Hall–Kier alpha value is -0.880. The molecule has 0 saturated carbocycles. The number of ether oxygens (including phenoxy) is 1. The fraction of sp³-hybridized carbons (Fsp3) is 0.400. The van der Waals surface area contributed by atoms with E-state index in [0.717, 1.165) is 0 Å². The summed E-state index contributed by atoms with van der Waals surface area (Å²) in [4.78, 5) is 15.4. The predicted octanol–water partition coefficient (Wildman–Crippen LogP) is 1.06. The number of carbonyl (C=O) groups excluding carboxylic acids is 1. The molecule has 0 amide bonds. The van der Waals surface area contributed by atoms with Crippen molar-refractivity contribution < 1.29 is 9.53 Å². The summed E-state index contributed by atoms with van der Waals surface area (Å²) in [6, 6.07) is 4.69. The third kappa shape index (κ3) is 5.32. The van der Waals surface area contributed by atoms with Crippen LogP contribution in [0.5, 0.6) is 0 Å². The van der Waals surface area contributed by atoms with Crippen LogP contribution in [0.1, 0.15) is 29.1 Å². The van der Waals surface area contributed by atoms with Crippen molar-refractivity contribution in [3.05, 3.63) is 29.6 Å². The molecule has 0 aliphatic heterocycles. The number of nitrogens with two attached hydrogens (primary N) is 2. The fourth-order valence-corrected chi connectivity index (χ4v) is 1.10. The van der Waals surface area contributed by atoms with Crippen LogP contribution in [-0.2, 0) is 4.74 Å². The van der Waals surface area contributed by atoms with Gasteiger partial charge in [-0.25, -0.2) is 9.78 Å². The van der Waals surface area contributed by atoms with Crippen molar-refractivity contribution in [2.24, 2.45) is 11.5 Å². The smallest absolute Gasteiger partial charge is 0.356 e. The summed E-state index contributed by atoms with van der Waals surface area (Å²) in [5.41, 5.74) is 12.0. The summed E-state index contributed by atoms with van der Waals surface area (Å²) in [6.07, 6.45) is 0. The number of halogens is 2. The maximum absolute atomic E-state index is 11.4. The number of nitrogens with zero attached hydrogens (tertiary/aromatic N) is 1. The summed E-state index contributed by atoms with van der Waals surface area (Å²) >= 11 is 0. The molecule has 1 heterocycles. The molecule has 0 radical (unpaired) electrons. The Balaban J connectivity index is 0. The number of aromatic nitrogens is 1. The van der Waals surface area contributed by atoms with Gasteiger partial charge < -0.3 is 16.2 Å². The van der Waals surface area contributed by atoms with Gasteiger partial charge in [0.1, 0.15) is 5.69 Å². The number of rotatable bonds is 4. The van der Waals surface area contributed by atoms with E-state index in [-0.39, 0.29) is 36.5 Å². The van der Waals surface area contributed by atoms with Gasteiger partial charge >= 0.3 is 5.97 Å². The number of esters is 1. The van der Waals surface area contributed by atoms with Gasteiger partial charge in [-0.15, -0.1) is 24.8 Å². The maximum Gasteiger partial charge on any atom is 0.356 e. The minimum atomic E-state index is -0.441. The third-order valence-electron chi connectivity index (χ3n) is 1.89. The molecular formula is C10H17Cl2N3O2. The zero-order valence-electron chi connectivity index (χ0n) is 9.46.